The molecule has 0 radical (unpaired) electrons. The highest BCUT2D eigenvalue weighted by Crippen LogP contribution is 2.16. The third kappa shape index (κ3) is 50.2. The molecule has 0 aliphatic rings. The lowest BCUT2D eigenvalue weighted by molar-refractivity contribution is -0.167. The second-order valence-electron chi connectivity index (χ2n) is 18.1. The SMILES string of the molecule is CC/C=C\C/C=C\C/C=C\CCCCCCCCC(=O)OCC(COC(=O)CCCCCCCCCCCCCCCC)OC(=O)CCCCCCCCC/C=C\CCCCCC. The predicted molar refractivity (Wildman–Crippen MR) is 270 cm³/mol. The maximum Gasteiger partial charge on any atom is 0.306 e. The molecule has 0 bridgehead atoms. The largest absolute Gasteiger partial charge is 0.462 e. The van der Waals surface area contributed by atoms with E-state index in [0.717, 1.165) is 83.5 Å². The molecule has 0 aliphatic carbocycles. The van der Waals surface area contributed by atoms with Gasteiger partial charge in [0.2, 0.25) is 0 Å². The van der Waals surface area contributed by atoms with Crippen LogP contribution in [0.15, 0.2) is 48.6 Å². The highest BCUT2D eigenvalue weighted by Gasteiger charge is 2.19. The van der Waals surface area contributed by atoms with Crippen molar-refractivity contribution in [2.75, 3.05) is 13.2 Å². The van der Waals surface area contributed by atoms with Crippen LogP contribution in [0.4, 0.5) is 0 Å². The number of ether oxygens (including phenoxy) is 3. The number of carbonyl (C=O) groups is 3. The normalized spacial score (nSPS) is 12.4. The number of esters is 3. The molecule has 0 aromatic heterocycles. The Morgan fingerprint density at radius 2 is 0.619 bits per heavy atom. The van der Waals surface area contributed by atoms with Gasteiger partial charge in [0, 0.05) is 19.3 Å². The molecular formula is C57H102O6. The number of carbonyl (C=O) groups excluding carboxylic acids is 3. The van der Waals surface area contributed by atoms with Gasteiger partial charge in [0.15, 0.2) is 6.10 Å². The Morgan fingerprint density at radius 3 is 1.00 bits per heavy atom. The second-order valence-corrected chi connectivity index (χ2v) is 18.1. The third-order valence-corrected chi connectivity index (χ3v) is 11.8. The number of allylic oxidation sites excluding steroid dienone is 8. The van der Waals surface area contributed by atoms with Crippen LogP contribution in [-0.4, -0.2) is 37.2 Å². The lowest BCUT2D eigenvalue weighted by Gasteiger charge is -2.18. The summed E-state index contributed by atoms with van der Waals surface area (Å²) in [6.45, 7) is 6.52. The van der Waals surface area contributed by atoms with Crippen molar-refractivity contribution in [1.29, 1.82) is 0 Å². The minimum atomic E-state index is -0.778. The lowest BCUT2D eigenvalue weighted by atomic mass is 10.0. The molecule has 6 heteroatoms. The van der Waals surface area contributed by atoms with Gasteiger partial charge in [0.05, 0.1) is 0 Å². The molecule has 0 aromatic carbocycles. The van der Waals surface area contributed by atoms with E-state index in [9.17, 15) is 14.4 Å². The first-order chi connectivity index (χ1) is 31.0. The third-order valence-electron chi connectivity index (χ3n) is 11.8. The van der Waals surface area contributed by atoms with Crippen LogP contribution in [0.25, 0.3) is 0 Å². The number of hydrogen-bond acceptors (Lipinski definition) is 6. The van der Waals surface area contributed by atoms with Crippen molar-refractivity contribution < 1.29 is 28.6 Å². The predicted octanol–water partition coefficient (Wildman–Crippen LogP) is 17.9. The molecule has 0 saturated carbocycles. The summed E-state index contributed by atoms with van der Waals surface area (Å²) in [5.41, 5.74) is 0. The average molecular weight is 883 g/mol. The summed E-state index contributed by atoms with van der Waals surface area (Å²) in [5, 5.41) is 0. The summed E-state index contributed by atoms with van der Waals surface area (Å²) in [6.07, 6.45) is 62.3. The molecule has 0 rings (SSSR count). The van der Waals surface area contributed by atoms with Crippen molar-refractivity contribution in [2.24, 2.45) is 0 Å². The molecule has 1 unspecified atom stereocenters. The molecule has 0 saturated heterocycles. The molecule has 0 N–H and O–H groups in total. The van der Waals surface area contributed by atoms with Crippen LogP contribution in [0.1, 0.15) is 278 Å². The highest BCUT2D eigenvalue weighted by molar-refractivity contribution is 5.71. The minimum Gasteiger partial charge on any atom is -0.462 e. The van der Waals surface area contributed by atoms with E-state index in [1.807, 2.05) is 0 Å². The first kappa shape index (κ1) is 60.4. The monoisotopic (exact) mass is 883 g/mol. The van der Waals surface area contributed by atoms with Crippen molar-refractivity contribution >= 4 is 17.9 Å². The Balaban J connectivity index is 4.38. The second kappa shape index (κ2) is 52.0. The standard InChI is InChI=1S/C57H102O6/c1-4-7-10-13-16-19-22-25-28-30-32-35-38-41-44-47-50-56(59)62-53-54(52-61-55(58)49-46-43-40-37-34-31-27-24-21-18-15-12-9-6-3)63-57(60)51-48-45-42-39-36-33-29-26-23-20-17-14-11-8-5-2/h7,10,16,19-20,23,25,28,54H,4-6,8-9,11-15,17-18,21-22,24,26-27,29-53H2,1-3H3/b10-7-,19-16-,23-20-,28-25-. The van der Waals surface area contributed by atoms with Crippen LogP contribution in [0.5, 0.6) is 0 Å². The van der Waals surface area contributed by atoms with E-state index in [4.69, 9.17) is 14.2 Å². The zero-order chi connectivity index (χ0) is 45.8. The van der Waals surface area contributed by atoms with Crippen LogP contribution in [0.2, 0.25) is 0 Å². The van der Waals surface area contributed by atoms with Gasteiger partial charge in [0.1, 0.15) is 13.2 Å². The maximum atomic E-state index is 12.8. The number of hydrogen-bond donors (Lipinski definition) is 0. The van der Waals surface area contributed by atoms with Crippen LogP contribution < -0.4 is 0 Å². The summed E-state index contributed by atoms with van der Waals surface area (Å²) >= 11 is 0. The maximum absolute atomic E-state index is 12.8. The van der Waals surface area contributed by atoms with Gasteiger partial charge < -0.3 is 14.2 Å². The van der Waals surface area contributed by atoms with Crippen LogP contribution in [-0.2, 0) is 28.6 Å². The van der Waals surface area contributed by atoms with E-state index in [0.29, 0.717) is 19.3 Å². The first-order valence-electron chi connectivity index (χ1n) is 27.1. The Bertz CT molecular complexity index is 1110. The van der Waals surface area contributed by atoms with E-state index < -0.39 is 6.10 Å². The van der Waals surface area contributed by atoms with E-state index in [2.05, 4.69) is 69.4 Å². The van der Waals surface area contributed by atoms with Gasteiger partial charge in [-0.15, -0.1) is 0 Å². The van der Waals surface area contributed by atoms with E-state index >= 15 is 0 Å². The zero-order valence-corrected chi connectivity index (χ0v) is 41.8. The fourth-order valence-electron chi connectivity index (χ4n) is 7.75. The molecule has 0 heterocycles. The number of unbranched alkanes of at least 4 members (excludes halogenated alkanes) is 30. The Kier molecular flexibility index (Phi) is 49.8. The first-order valence-corrected chi connectivity index (χ1v) is 27.1. The Hall–Kier alpha value is -2.63. The molecule has 6 nitrogen and oxygen atoms in total. The zero-order valence-electron chi connectivity index (χ0n) is 41.8. The van der Waals surface area contributed by atoms with Crippen LogP contribution >= 0.6 is 0 Å². The van der Waals surface area contributed by atoms with Crippen molar-refractivity contribution in [1.82, 2.24) is 0 Å². The van der Waals surface area contributed by atoms with Gasteiger partial charge in [-0.05, 0) is 77.0 Å². The molecule has 0 aliphatic heterocycles. The summed E-state index contributed by atoms with van der Waals surface area (Å²) < 4.78 is 16.8. The molecule has 0 fully saturated rings. The fourth-order valence-corrected chi connectivity index (χ4v) is 7.75. The van der Waals surface area contributed by atoms with E-state index in [-0.39, 0.29) is 31.1 Å². The Labute approximate surface area is 390 Å². The van der Waals surface area contributed by atoms with Crippen molar-refractivity contribution in [2.45, 2.75) is 284 Å². The molecule has 1 atom stereocenters. The van der Waals surface area contributed by atoms with Crippen molar-refractivity contribution in [3.8, 4) is 0 Å². The minimum absolute atomic E-state index is 0.0764. The van der Waals surface area contributed by atoms with Gasteiger partial charge in [-0.2, -0.15) is 0 Å². The van der Waals surface area contributed by atoms with E-state index in [1.54, 1.807) is 0 Å². The molecule has 0 spiro atoms. The van der Waals surface area contributed by atoms with Gasteiger partial charge >= 0.3 is 17.9 Å². The summed E-state index contributed by atoms with van der Waals surface area (Å²) in [4.78, 5) is 38.0. The highest BCUT2D eigenvalue weighted by atomic mass is 16.6. The molecule has 0 amide bonds. The quantitative estimate of drug-likeness (QED) is 0.0262. The number of rotatable bonds is 49. The van der Waals surface area contributed by atoms with Crippen molar-refractivity contribution in [3.05, 3.63) is 48.6 Å². The van der Waals surface area contributed by atoms with Crippen LogP contribution in [0.3, 0.4) is 0 Å². The summed E-state index contributed by atoms with van der Waals surface area (Å²) in [5.74, 6) is -0.883. The molecule has 63 heavy (non-hydrogen) atoms. The Morgan fingerprint density at radius 1 is 0.333 bits per heavy atom. The smallest absolute Gasteiger partial charge is 0.306 e. The lowest BCUT2D eigenvalue weighted by Crippen LogP contribution is -2.30. The summed E-state index contributed by atoms with van der Waals surface area (Å²) in [7, 11) is 0. The molecular weight excluding hydrogens is 781 g/mol. The summed E-state index contributed by atoms with van der Waals surface area (Å²) in [6, 6.07) is 0. The van der Waals surface area contributed by atoms with Gasteiger partial charge in [-0.1, -0.05) is 230 Å². The fraction of sp³-hybridized carbons (Fsp3) is 0.807. The van der Waals surface area contributed by atoms with Gasteiger partial charge in [0.25, 0.3) is 0 Å². The van der Waals surface area contributed by atoms with Gasteiger partial charge in [-0.3, -0.25) is 14.4 Å². The average Bonchev–Trinajstić information content (AvgIpc) is 3.28. The van der Waals surface area contributed by atoms with Crippen molar-refractivity contribution in [3.63, 3.8) is 0 Å². The topological polar surface area (TPSA) is 78.9 Å². The molecule has 366 valence electrons. The van der Waals surface area contributed by atoms with E-state index in [1.165, 1.54) is 154 Å². The molecule has 0 aromatic rings. The van der Waals surface area contributed by atoms with Gasteiger partial charge in [-0.25, -0.2) is 0 Å². The van der Waals surface area contributed by atoms with Crippen LogP contribution in [0, 0.1) is 0 Å².